The van der Waals surface area contributed by atoms with E-state index in [4.69, 9.17) is 15.6 Å². The minimum atomic E-state index is -1.05. The summed E-state index contributed by atoms with van der Waals surface area (Å²) in [6, 6.07) is 32.5. The summed E-state index contributed by atoms with van der Waals surface area (Å²) in [7, 11) is 0. The van der Waals surface area contributed by atoms with E-state index in [2.05, 4.69) is 103 Å². The summed E-state index contributed by atoms with van der Waals surface area (Å²) in [6.45, 7) is 16.7. The Bertz CT molecular complexity index is 3800. The van der Waals surface area contributed by atoms with Crippen molar-refractivity contribution in [2.75, 3.05) is 36.4 Å². The highest BCUT2D eigenvalue weighted by Gasteiger charge is 2.37. The number of hydrogen-bond acceptors (Lipinski definition) is 15. The van der Waals surface area contributed by atoms with Crippen LogP contribution in [0.1, 0.15) is 131 Å². The summed E-state index contributed by atoms with van der Waals surface area (Å²) in [5, 5.41) is 51.6. The van der Waals surface area contributed by atoms with Crippen molar-refractivity contribution in [3.05, 3.63) is 141 Å². The van der Waals surface area contributed by atoms with Gasteiger partial charge in [-0.3, -0.25) is 28.9 Å². The van der Waals surface area contributed by atoms with Crippen molar-refractivity contribution in [2.45, 2.75) is 155 Å². The Hall–Kier alpha value is -9.43. The van der Waals surface area contributed by atoms with Gasteiger partial charge in [-0.05, 0) is 235 Å². The molecule has 0 bridgehead atoms. The summed E-state index contributed by atoms with van der Waals surface area (Å²) in [5.74, 6) is -0.674. The molecule has 514 valence electrons. The van der Waals surface area contributed by atoms with Gasteiger partial charge in [0.1, 0.15) is 17.7 Å². The van der Waals surface area contributed by atoms with Gasteiger partial charge in [0, 0.05) is 95.5 Å². The van der Waals surface area contributed by atoms with Crippen LogP contribution in [0.25, 0.3) is 33.9 Å². The Balaban J connectivity index is 0.000000236. The molecule has 2 atom stereocenters. The summed E-state index contributed by atoms with van der Waals surface area (Å²) < 4.78 is 6.26. The molecule has 7 amide bonds. The number of carbonyl (C=O) groups excluding carboxylic acids is 6. The van der Waals surface area contributed by atoms with Crippen molar-refractivity contribution in [1.29, 1.82) is 0 Å². The summed E-state index contributed by atoms with van der Waals surface area (Å²) in [6.07, 6.45) is 6.32. The second kappa shape index (κ2) is 33.5. The van der Waals surface area contributed by atoms with Crippen molar-refractivity contribution in [3.8, 4) is 33.9 Å². The molecule has 1 saturated heterocycles. The number of carboxylic acid groups (broad SMARTS) is 1. The molecule has 3 fully saturated rings. The van der Waals surface area contributed by atoms with E-state index < -0.39 is 35.8 Å². The summed E-state index contributed by atoms with van der Waals surface area (Å²) >= 11 is 3.56. The molecular weight excluding hydrogens is 1300 g/mol. The number of rotatable bonds is 22. The third-order valence-electron chi connectivity index (χ3n) is 18.3. The average molecular weight is 1390 g/mol. The molecule has 25 nitrogen and oxygen atoms in total. The molecule has 2 saturated carbocycles. The van der Waals surface area contributed by atoms with Crippen LogP contribution in [0.15, 0.2) is 114 Å². The molecule has 3 heterocycles. The predicted octanol–water partition coefficient (Wildman–Crippen LogP) is 9.88. The molecule has 0 radical (unpaired) electrons. The molecule has 1 aliphatic heterocycles. The lowest BCUT2D eigenvalue weighted by atomic mass is 9.81. The van der Waals surface area contributed by atoms with Gasteiger partial charge in [-0.1, -0.05) is 58.4 Å². The number of amides is 7. The van der Waals surface area contributed by atoms with Crippen LogP contribution in [0.5, 0.6) is 0 Å². The number of carbonyl (C=O) groups is 7. The smallest absolute Gasteiger partial charge is 0.407 e. The van der Waals surface area contributed by atoms with Gasteiger partial charge in [-0.2, -0.15) is 10.4 Å². The van der Waals surface area contributed by atoms with Gasteiger partial charge in [-0.25, -0.2) is 9.59 Å². The normalized spacial score (nSPS) is 18.1. The standard InChI is InChI=1S/C41H51N9O5.C30H38BrN7O4/c1-25(2)50-19-17-34(18-20-50)43-39(52)32-6-4-5-31(23-32)35-21-28(8-7-26(35)3)22-36(45-38(51)30-11-9-27(10-12-30)24-42-41(54)55)40(53)44-33-15-13-29(14-16-33)37-46-48-49-47-37;1-18-5-6-20(15-24(18)31)16-25(26(32)39)38(23-13-11-21(12-14-23)27-34-36-37-35-27)28(40)22-9-7-19(8-10-22)17-33-29(41)42-30(2,3)4/h4-8,13-16,21,23,25,27,30,34,36,42H,9-12,17-20,22,24H2,1-3H3,(H,43,52)(H,44,53)(H,45,51)(H,54,55)(H,46,47,48,49);5-6,11-15,19,22,25H,7-10,16-17H2,1-4H3,(H2,32,39)(H,33,41)(H,34,35,36,37)/t27?,30?,36-;19?,22?,25-/m00/s1. The van der Waals surface area contributed by atoms with Crippen LogP contribution in [0.2, 0.25) is 0 Å². The number of halogens is 1. The van der Waals surface area contributed by atoms with E-state index in [1.165, 1.54) is 0 Å². The van der Waals surface area contributed by atoms with E-state index in [9.17, 15) is 33.6 Å². The molecular formula is C71H89BrN16O9. The number of ether oxygens (including phenoxy) is 1. The number of hydrogen-bond donors (Lipinski definition) is 9. The van der Waals surface area contributed by atoms with Crippen LogP contribution in [0.4, 0.5) is 21.0 Å². The Labute approximate surface area is 573 Å². The molecule has 0 unspecified atom stereocenters. The lowest BCUT2D eigenvalue weighted by Crippen LogP contribution is -2.52. The van der Waals surface area contributed by atoms with E-state index in [0.29, 0.717) is 73.4 Å². The van der Waals surface area contributed by atoms with Gasteiger partial charge in [0.25, 0.3) is 5.91 Å². The number of aryl methyl sites for hydroxylation is 2. The molecule has 10 rings (SSSR count). The van der Waals surface area contributed by atoms with Crippen LogP contribution in [0.3, 0.4) is 0 Å². The predicted molar refractivity (Wildman–Crippen MR) is 372 cm³/mol. The number of primary amides is 1. The number of nitrogens with two attached hydrogens (primary N) is 1. The molecule has 26 heteroatoms. The van der Waals surface area contributed by atoms with Crippen molar-refractivity contribution < 1.29 is 43.4 Å². The van der Waals surface area contributed by atoms with E-state index in [1.807, 2.05) is 95.3 Å². The Morgan fingerprint density at radius 1 is 0.691 bits per heavy atom. The highest BCUT2D eigenvalue weighted by Crippen LogP contribution is 2.35. The van der Waals surface area contributed by atoms with Gasteiger partial charge in [0.15, 0.2) is 0 Å². The van der Waals surface area contributed by atoms with Crippen LogP contribution in [-0.2, 0) is 36.8 Å². The SMILES string of the molecule is Cc1ccc(C[C@@H](C(N)=O)N(C(=O)C2CCC(CNC(=O)OC(C)(C)C)CC2)c2ccc(-c3nn[nH]n3)cc2)cc1Br.Cc1ccc(C[C@H](NC(=O)C2CCC(CNC(=O)O)CC2)C(=O)Nc2ccc(-c3nn[nH]n3)cc2)cc1-c1cccc(C(=O)NC2CCN(C(C)C)CC2)c1. The number of H-pyrrole nitrogens is 2. The number of alkyl carbamates (subject to hydrolysis) is 1. The zero-order valence-corrected chi connectivity index (χ0v) is 57.7. The van der Waals surface area contributed by atoms with Gasteiger partial charge in [0.05, 0.1) is 0 Å². The van der Waals surface area contributed by atoms with Crippen LogP contribution >= 0.6 is 15.9 Å². The lowest BCUT2D eigenvalue weighted by molar-refractivity contribution is -0.130. The van der Waals surface area contributed by atoms with Gasteiger partial charge in [0.2, 0.25) is 35.3 Å². The third-order valence-corrected chi connectivity index (χ3v) is 19.2. The highest BCUT2D eigenvalue weighted by molar-refractivity contribution is 9.10. The first kappa shape index (κ1) is 71.9. The van der Waals surface area contributed by atoms with Gasteiger partial charge >= 0.3 is 12.2 Å². The number of nitrogens with one attached hydrogen (secondary N) is 7. The number of tetrazole rings is 2. The van der Waals surface area contributed by atoms with Crippen molar-refractivity contribution in [1.82, 2.24) is 67.4 Å². The molecule has 0 spiro atoms. The topological polar surface area (TPSA) is 351 Å². The maximum Gasteiger partial charge on any atom is 0.407 e. The molecule has 7 aromatic rings. The number of benzene rings is 5. The van der Waals surface area contributed by atoms with Crippen molar-refractivity contribution in [2.24, 2.45) is 29.4 Å². The molecule has 3 aliphatic rings. The minimum Gasteiger partial charge on any atom is -0.465 e. The largest absolute Gasteiger partial charge is 0.465 e. The monoisotopic (exact) mass is 1390 g/mol. The van der Waals surface area contributed by atoms with Crippen molar-refractivity contribution >= 4 is 69.0 Å². The minimum absolute atomic E-state index is 0.0874. The zero-order chi connectivity index (χ0) is 69.3. The second-order valence-corrected chi connectivity index (χ2v) is 27.7. The fourth-order valence-corrected chi connectivity index (χ4v) is 13.2. The van der Waals surface area contributed by atoms with Crippen LogP contribution in [0, 0.1) is 37.5 Å². The number of aromatic nitrogens is 8. The highest BCUT2D eigenvalue weighted by atomic mass is 79.9. The summed E-state index contributed by atoms with van der Waals surface area (Å²) in [4.78, 5) is 95.2. The van der Waals surface area contributed by atoms with Crippen molar-refractivity contribution in [3.63, 3.8) is 0 Å². The Morgan fingerprint density at radius 3 is 1.82 bits per heavy atom. The first-order chi connectivity index (χ1) is 46.4. The van der Waals surface area contributed by atoms with Gasteiger partial charge < -0.3 is 47.1 Å². The third kappa shape index (κ3) is 20.6. The number of anilines is 2. The van der Waals surface area contributed by atoms with Gasteiger partial charge in [-0.15, -0.1) is 20.4 Å². The molecule has 10 N–H and O–H groups in total. The van der Waals surface area contributed by atoms with E-state index in [1.54, 1.807) is 53.4 Å². The fraction of sp³-hybridized carbons (Fsp3) is 0.451. The first-order valence-corrected chi connectivity index (χ1v) is 34.1. The number of aromatic amines is 2. The van der Waals surface area contributed by atoms with Crippen LogP contribution < -0.4 is 37.2 Å². The number of piperidine rings is 1. The number of likely N-dealkylation sites (tertiary alicyclic amines) is 1. The second-order valence-electron chi connectivity index (χ2n) is 26.9. The maximum atomic E-state index is 14.2. The number of nitrogens with zero attached hydrogens (tertiary/aromatic N) is 8. The Morgan fingerprint density at radius 2 is 1.27 bits per heavy atom. The maximum absolute atomic E-state index is 14.2. The van der Waals surface area contributed by atoms with Crippen LogP contribution in [-0.4, -0.2) is 149 Å². The molecule has 2 aromatic heterocycles. The average Bonchev–Trinajstić information content (AvgIpc) is 1.27. The molecule has 5 aromatic carbocycles. The first-order valence-electron chi connectivity index (χ1n) is 33.3. The van der Waals surface area contributed by atoms with E-state index >= 15 is 0 Å². The Kier molecular flexibility index (Phi) is 24.8. The molecule has 97 heavy (non-hydrogen) atoms. The fourth-order valence-electron chi connectivity index (χ4n) is 12.7. The molecule has 2 aliphatic carbocycles. The van der Waals surface area contributed by atoms with E-state index in [0.717, 1.165) is 101 Å². The van der Waals surface area contributed by atoms with E-state index in [-0.39, 0.29) is 66.2 Å². The summed E-state index contributed by atoms with van der Waals surface area (Å²) in [5.41, 5.74) is 14.2. The lowest BCUT2D eigenvalue weighted by Gasteiger charge is -2.36. The zero-order valence-electron chi connectivity index (χ0n) is 56.1. The quantitative estimate of drug-likeness (QED) is 0.0305.